The van der Waals surface area contributed by atoms with E-state index in [0.717, 1.165) is 19.3 Å². The number of carbonyl (C=O) groups is 1. The van der Waals surface area contributed by atoms with Gasteiger partial charge in [-0.15, -0.1) is 6.42 Å². The molecule has 0 unspecified atom stereocenters. The van der Waals surface area contributed by atoms with Crippen LogP contribution < -0.4 is 5.73 Å². The number of esters is 1. The number of terminal acetylenes is 1. The quantitative estimate of drug-likeness (QED) is 0.292. The lowest BCUT2D eigenvalue weighted by Gasteiger charge is -2.29. The van der Waals surface area contributed by atoms with Crippen molar-refractivity contribution < 1.29 is 23.8 Å². The van der Waals surface area contributed by atoms with Crippen LogP contribution in [0.3, 0.4) is 0 Å². The molecule has 1 fully saturated rings. The van der Waals surface area contributed by atoms with Gasteiger partial charge in [-0.25, -0.2) is 4.98 Å². The second-order valence-electron chi connectivity index (χ2n) is 6.99. The first-order chi connectivity index (χ1) is 14.0. The summed E-state index contributed by atoms with van der Waals surface area (Å²) in [6.07, 6.45) is 8.88. The average molecular weight is 405 g/mol. The number of nitrogens with zero attached hydrogens (tertiary/aromatic N) is 4. The van der Waals surface area contributed by atoms with Crippen molar-refractivity contribution in [3.05, 3.63) is 12.4 Å². The molecule has 0 saturated carbocycles. The second kappa shape index (κ2) is 8.71. The van der Waals surface area contributed by atoms with E-state index in [0.29, 0.717) is 6.42 Å². The predicted octanol–water partition coefficient (Wildman–Crippen LogP) is 1.37. The predicted molar refractivity (Wildman–Crippen MR) is 102 cm³/mol. The molecule has 156 valence electrons. The van der Waals surface area contributed by atoms with Crippen molar-refractivity contribution in [2.45, 2.75) is 56.8 Å². The highest BCUT2D eigenvalue weighted by molar-refractivity contribution is 5.81. The van der Waals surface area contributed by atoms with Crippen LogP contribution in [-0.4, -0.2) is 55.5 Å². The number of imidazole rings is 1. The fourth-order valence-corrected chi connectivity index (χ4v) is 3.47. The molecule has 2 aromatic rings. The number of carbonyl (C=O) groups excluding carboxylic acids is 1. The van der Waals surface area contributed by atoms with Gasteiger partial charge < -0.3 is 24.9 Å². The van der Waals surface area contributed by atoms with Crippen LogP contribution in [0.5, 0.6) is 0 Å². The number of unbranched alkanes of at least 4 members (excludes halogenated alkanes) is 3. The Bertz CT molecular complexity index is 927. The largest absolute Gasteiger partial charge is 0.456 e. The first-order valence-corrected chi connectivity index (χ1v) is 9.53. The van der Waals surface area contributed by atoms with Crippen LogP contribution >= 0.6 is 0 Å². The van der Waals surface area contributed by atoms with Gasteiger partial charge in [-0.1, -0.05) is 32.1 Å². The molecule has 10 heteroatoms. The number of aliphatic hydroxyl groups excluding tert-OH is 1. The number of hydrogen-bond donors (Lipinski definition) is 2. The molecule has 1 saturated heterocycles. The maximum absolute atomic E-state index is 13.7. The zero-order valence-corrected chi connectivity index (χ0v) is 16.2. The summed E-state index contributed by atoms with van der Waals surface area (Å²) in [4.78, 5) is 23.7. The lowest BCUT2D eigenvalue weighted by atomic mass is 9.95. The number of rotatable bonds is 8. The van der Waals surface area contributed by atoms with E-state index in [9.17, 15) is 14.3 Å². The third-order valence-electron chi connectivity index (χ3n) is 5.07. The number of ether oxygens (including phenoxy) is 2. The van der Waals surface area contributed by atoms with Gasteiger partial charge in [0.15, 0.2) is 23.2 Å². The minimum Gasteiger partial charge on any atom is -0.456 e. The standard InChI is InChI=1S/C19H24FN5O4/c1-3-5-6-7-8-13(27)29-15-12(9-28-19(15,4-2)10-26)25-11-22-14-16(21)23-18(20)24-17(14)25/h2,11-12,15,26H,3,5-10H2,1H3,(H2,21,23,24)/t12-,15+,19-/m1/s1. The fourth-order valence-electron chi connectivity index (χ4n) is 3.47. The minimum atomic E-state index is -1.52. The van der Waals surface area contributed by atoms with Crippen molar-refractivity contribution >= 4 is 23.0 Å². The van der Waals surface area contributed by atoms with E-state index in [1.807, 2.05) is 0 Å². The summed E-state index contributed by atoms with van der Waals surface area (Å²) in [5.41, 5.74) is 4.53. The normalized spacial score (nSPS) is 23.9. The van der Waals surface area contributed by atoms with Crippen LogP contribution in [0.1, 0.15) is 45.1 Å². The first kappa shape index (κ1) is 21.0. The lowest BCUT2D eigenvalue weighted by molar-refractivity contribution is -0.158. The highest BCUT2D eigenvalue weighted by Gasteiger charge is 2.52. The van der Waals surface area contributed by atoms with Crippen LogP contribution in [0.15, 0.2) is 6.33 Å². The van der Waals surface area contributed by atoms with Crippen LogP contribution in [0.4, 0.5) is 10.2 Å². The van der Waals surface area contributed by atoms with Crippen LogP contribution in [0.2, 0.25) is 0 Å². The van der Waals surface area contributed by atoms with E-state index in [4.69, 9.17) is 21.6 Å². The smallest absolute Gasteiger partial charge is 0.312 e. The number of nitrogen functional groups attached to an aromatic ring is 1. The summed E-state index contributed by atoms with van der Waals surface area (Å²) in [6, 6.07) is -0.670. The molecule has 1 aliphatic rings. The van der Waals surface area contributed by atoms with E-state index in [1.54, 1.807) is 0 Å². The highest BCUT2D eigenvalue weighted by atomic mass is 19.1. The number of aromatic nitrogens is 4. The van der Waals surface area contributed by atoms with E-state index >= 15 is 0 Å². The van der Waals surface area contributed by atoms with Gasteiger partial charge in [-0.3, -0.25) is 4.79 Å². The third kappa shape index (κ3) is 4.02. The third-order valence-corrected chi connectivity index (χ3v) is 5.07. The monoisotopic (exact) mass is 405 g/mol. The molecule has 0 radical (unpaired) electrons. The number of anilines is 1. The Morgan fingerprint density at radius 3 is 3.00 bits per heavy atom. The number of aliphatic hydroxyl groups is 1. The Morgan fingerprint density at radius 1 is 1.52 bits per heavy atom. The van der Waals surface area contributed by atoms with Crippen LogP contribution in [-0.2, 0) is 14.3 Å². The molecule has 0 amide bonds. The molecule has 3 atom stereocenters. The van der Waals surface area contributed by atoms with Gasteiger partial charge in [-0.05, 0) is 6.42 Å². The van der Waals surface area contributed by atoms with Gasteiger partial charge in [0.2, 0.25) is 0 Å². The van der Waals surface area contributed by atoms with Crippen molar-refractivity contribution in [2.75, 3.05) is 18.9 Å². The molecule has 3 heterocycles. The average Bonchev–Trinajstić information content (AvgIpc) is 3.27. The van der Waals surface area contributed by atoms with Gasteiger partial charge in [0, 0.05) is 6.42 Å². The summed E-state index contributed by atoms with van der Waals surface area (Å²) in [5, 5.41) is 9.87. The van der Waals surface area contributed by atoms with E-state index in [2.05, 4.69) is 27.8 Å². The molecular weight excluding hydrogens is 381 g/mol. The zero-order valence-electron chi connectivity index (χ0n) is 16.2. The van der Waals surface area contributed by atoms with Gasteiger partial charge in [0.05, 0.1) is 19.5 Å². The topological polar surface area (TPSA) is 125 Å². The van der Waals surface area contributed by atoms with Gasteiger partial charge >= 0.3 is 12.0 Å². The maximum atomic E-state index is 13.7. The Kier molecular flexibility index (Phi) is 6.30. The molecule has 2 aromatic heterocycles. The molecule has 29 heavy (non-hydrogen) atoms. The van der Waals surface area contributed by atoms with Crippen LogP contribution in [0.25, 0.3) is 11.2 Å². The van der Waals surface area contributed by atoms with E-state index < -0.39 is 36.4 Å². The molecule has 3 N–H and O–H groups in total. The molecule has 0 aliphatic carbocycles. The summed E-state index contributed by atoms with van der Waals surface area (Å²) >= 11 is 0. The second-order valence-corrected chi connectivity index (χ2v) is 6.99. The first-order valence-electron chi connectivity index (χ1n) is 9.53. The SMILES string of the molecule is C#C[C@]1(CO)OC[C@@H](n2cnc3c(N)nc(F)nc32)[C@@H]1OC(=O)CCCCCC. The minimum absolute atomic E-state index is 0.00945. The Morgan fingerprint density at radius 2 is 2.31 bits per heavy atom. The number of fused-ring (bicyclic) bond motifs is 1. The van der Waals surface area contributed by atoms with Crippen molar-refractivity contribution in [1.82, 2.24) is 19.5 Å². The molecule has 1 aliphatic heterocycles. The number of halogens is 1. The molecule has 0 aromatic carbocycles. The van der Waals surface area contributed by atoms with Gasteiger partial charge in [0.25, 0.3) is 0 Å². The van der Waals surface area contributed by atoms with Gasteiger partial charge in [0.1, 0.15) is 11.6 Å². The molecule has 0 bridgehead atoms. The van der Waals surface area contributed by atoms with E-state index in [-0.39, 0.29) is 30.0 Å². The highest BCUT2D eigenvalue weighted by Crippen LogP contribution is 2.37. The van der Waals surface area contributed by atoms with Crippen molar-refractivity contribution in [1.29, 1.82) is 0 Å². The Balaban J connectivity index is 1.89. The molecule has 0 spiro atoms. The van der Waals surface area contributed by atoms with Crippen molar-refractivity contribution in [3.8, 4) is 12.3 Å². The van der Waals surface area contributed by atoms with Crippen molar-refractivity contribution in [2.24, 2.45) is 0 Å². The molecular formula is C19H24FN5O4. The zero-order chi connectivity index (χ0) is 21.0. The van der Waals surface area contributed by atoms with E-state index in [1.165, 1.54) is 10.9 Å². The maximum Gasteiger partial charge on any atom is 0.312 e. The summed E-state index contributed by atoms with van der Waals surface area (Å²) in [7, 11) is 0. The van der Waals surface area contributed by atoms with Crippen LogP contribution in [0, 0.1) is 18.4 Å². The molecule has 9 nitrogen and oxygen atoms in total. The number of hydrogen-bond acceptors (Lipinski definition) is 8. The Labute approximate surface area is 167 Å². The van der Waals surface area contributed by atoms with Gasteiger partial charge in [-0.2, -0.15) is 14.4 Å². The fraction of sp³-hybridized carbons (Fsp3) is 0.579. The Hall–Kier alpha value is -2.77. The van der Waals surface area contributed by atoms with Crippen molar-refractivity contribution in [3.63, 3.8) is 0 Å². The summed E-state index contributed by atoms with van der Waals surface area (Å²) < 4.78 is 26.5. The summed E-state index contributed by atoms with van der Waals surface area (Å²) in [5.74, 6) is 1.85. The number of nitrogens with two attached hydrogens (primary N) is 1. The molecule has 3 rings (SSSR count). The summed E-state index contributed by atoms with van der Waals surface area (Å²) in [6.45, 7) is 1.54. The lowest BCUT2D eigenvalue weighted by Crippen LogP contribution is -2.46.